The van der Waals surface area contributed by atoms with Crippen molar-refractivity contribution < 1.29 is 23.8 Å². The molecule has 1 heterocycles. The lowest BCUT2D eigenvalue weighted by Gasteiger charge is -2.09. The van der Waals surface area contributed by atoms with Gasteiger partial charge >= 0.3 is 11.9 Å². The van der Waals surface area contributed by atoms with E-state index in [1.165, 1.54) is 19.3 Å². The molecule has 3 aromatic rings. The number of ether oxygens (including phenoxy) is 3. The summed E-state index contributed by atoms with van der Waals surface area (Å²) in [4.78, 5) is 23.9. The maximum Gasteiger partial charge on any atom is 0.343 e. The number of hydrogen-bond donors (Lipinski definition) is 0. The van der Waals surface area contributed by atoms with Crippen LogP contribution < -0.4 is 9.47 Å². The molecule has 0 saturated carbocycles. The third-order valence-electron chi connectivity index (χ3n) is 6.98. The molecular formula is C34H35NO5. The average Bonchev–Trinajstić information content (AvgIpc) is 3.31. The highest BCUT2D eigenvalue weighted by atomic mass is 16.6. The predicted molar refractivity (Wildman–Crippen MR) is 154 cm³/mol. The van der Waals surface area contributed by atoms with Crippen molar-refractivity contribution in [2.45, 2.75) is 63.9 Å². The summed E-state index contributed by atoms with van der Waals surface area (Å²) in [6.07, 6.45) is 9.59. The van der Waals surface area contributed by atoms with Crippen molar-refractivity contribution in [3.05, 3.63) is 96.1 Å². The van der Waals surface area contributed by atoms with Crippen LogP contribution in [0.5, 0.6) is 11.5 Å². The van der Waals surface area contributed by atoms with E-state index in [9.17, 15) is 9.59 Å². The average molecular weight is 538 g/mol. The summed E-state index contributed by atoms with van der Waals surface area (Å²) in [5, 5.41) is 8.94. The Morgan fingerprint density at radius 2 is 1.40 bits per heavy atom. The molecule has 40 heavy (non-hydrogen) atoms. The molecule has 0 aliphatic carbocycles. The summed E-state index contributed by atoms with van der Waals surface area (Å²) in [6, 6.07) is 23.7. The van der Waals surface area contributed by atoms with Gasteiger partial charge in [0, 0.05) is 12.0 Å². The van der Waals surface area contributed by atoms with Crippen LogP contribution in [0.15, 0.2) is 84.9 Å². The lowest BCUT2D eigenvalue weighted by atomic mass is 10.0. The minimum Gasteiger partial charge on any atom is -0.494 e. The number of hydrogen-bond acceptors (Lipinski definition) is 6. The summed E-state index contributed by atoms with van der Waals surface area (Å²) >= 11 is 0. The normalized spacial score (nSPS) is 14.4. The second-order valence-electron chi connectivity index (χ2n) is 10.1. The molecule has 1 saturated heterocycles. The molecule has 1 unspecified atom stereocenters. The SMILES string of the molecule is C=C1CC(CCCCCCCCCOc2ccc(C(=O)Oc3ccc(-c4ccc(C#N)cc4)cc3)cc2)OC1=O. The molecule has 1 aliphatic rings. The van der Waals surface area contributed by atoms with Gasteiger partial charge in [0.1, 0.15) is 17.6 Å². The molecule has 4 rings (SSSR count). The zero-order chi connectivity index (χ0) is 28.2. The van der Waals surface area contributed by atoms with E-state index in [-0.39, 0.29) is 12.1 Å². The van der Waals surface area contributed by atoms with E-state index >= 15 is 0 Å². The molecule has 0 spiro atoms. The number of esters is 2. The van der Waals surface area contributed by atoms with Crippen LogP contribution in [-0.2, 0) is 9.53 Å². The number of carbonyl (C=O) groups is 2. The van der Waals surface area contributed by atoms with Gasteiger partial charge in [0.05, 0.1) is 23.8 Å². The highest BCUT2D eigenvalue weighted by Gasteiger charge is 2.26. The third kappa shape index (κ3) is 8.57. The molecule has 1 fully saturated rings. The van der Waals surface area contributed by atoms with Crippen molar-refractivity contribution >= 4 is 11.9 Å². The number of benzene rings is 3. The molecule has 3 aromatic carbocycles. The quantitative estimate of drug-likeness (QED) is 0.0902. The second-order valence-corrected chi connectivity index (χ2v) is 10.1. The van der Waals surface area contributed by atoms with Crippen molar-refractivity contribution in [2.75, 3.05) is 6.61 Å². The van der Waals surface area contributed by atoms with Gasteiger partial charge in [-0.1, -0.05) is 62.9 Å². The number of nitriles is 1. The van der Waals surface area contributed by atoms with Crippen molar-refractivity contribution in [2.24, 2.45) is 0 Å². The molecule has 0 aromatic heterocycles. The van der Waals surface area contributed by atoms with Gasteiger partial charge in [-0.2, -0.15) is 5.26 Å². The Labute approximate surface area is 236 Å². The van der Waals surface area contributed by atoms with Crippen molar-refractivity contribution in [3.63, 3.8) is 0 Å². The minimum atomic E-state index is -0.424. The van der Waals surface area contributed by atoms with Crippen LogP contribution in [0.25, 0.3) is 11.1 Å². The molecule has 0 radical (unpaired) electrons. The summed E-state index contributed by atoms with van der Waals surface area (Å²) in [7, 11) is 0. The van der Waals surface area contributed by atoms with E-state index in [0.29, 0.717) is 35.5 Å². The number of cyclic esters (lactones) is 1. The molecule has 6 nitrogen and oxygen atoms in total. The first kappa shape index (κ1) is 28.6. The lowest BCUT2D eigenvalue weighted by Crippen LogP contribution is -2.08. The van der Waals surface area contributed by atoms with Crippen LogP contribution in [-0.4, -0.2) is 24.6 Å². The topological polar surface area (TPSA) is 85.6 Å². The van der Waals surface area contributed by atoms with Crippen molar-refractivity contribution in [1.29, 1.82) is 5.26 Å². The first-order valence-electron chi connectivity index (χ1n) is 14.0. The van der Waals surface area contributed by atoms with Crippen LogP contribution in [0, 0.1) is 11.3 Å². The van der Waals surface area contributed by atoms with Crippen LogP contribution >= 0.6 is 0 Å². The molecule has 0 N–H and O–H groups in total. The largest absolute Gasteiger partial charge is 0.494 e. The van der Waals surface area contributed by atoms with Crippen LogP contribution in [0.2, 0.25) is 0 Å². The lowest BCUT2D eigenvalue weighted by molar-refractivity contribution is -0.139. The zero-order valence-electron chi connectivity index (χ0n) is 22.8. The van der Waals surface area contributed by atoms with E-state index in [1.807, 2.05) is 24.3 Å². The monoisotopic (exact) mass is 537 g/mol. The van der Waals surface area contributed by atoms with Gasteiger partial charge in [0.15, 0.2) is 0 Å². The maximum absolute atomic E-state index is 12.6. The second kappa shape index (κ2) is 14.7. The van der Waals surface area contributed by atoms with Gasteiger partial charge in [-0.15, -0.1) is 0 Å². The van der Waals surface area contributed by atoms with Crippen molar-refractivity contribution in [1.82, 2.24) is 0 Å². The standard InChI is InChI=1S/C34H35NO5/c1-25-23-32(40-33(25)36)9-7-5-3-2-4-6-8-22-38-30-18-16-29(17-19-30)34(37)39-31-20-14-28(15-21-31)27-12-10-26(24-35)11-13-27/h10-21,32H,1-9,22-23H2. The van der Waals surface area contributed by atoms with E-state index in [0.717, 1.165) is 49.0 Å². The smallest absolute Gasteiger partial charge is 0.343 e. The Bertz CT molecular complexity index is 1300. The Kier molecular flexibility index (Phi) is 10.5. The Hall–Kier alpha value is -4.37. The molecule has 0 amide bonds. The van der Waals surface area contributed by atoms with Gasteiger partial charge in [-0.25, -0.2) is 9.59 Å². The highest BCUT2D eigenvalue weighted by Crippen LogP contribution is 2.25. The molecule has 6 heteroatoms. The van der Waals surface area contributed by atoms with Crippen LogP contribution in [0.4, 0.5) is 0 Å². The highest BCUT2D eigenvalue weighted by molar-refractivity contribution is 5.91. The molecular weight excluding hydrogens is 502 g/mol. The fourth-order valence-corrected chi connectivity index (χ4v) is 4.65. The Morgan fingerprint density at radius 3 is 2.00 bits per heavy atom. The summed E-state index contributed by atoms with van der Waals surface area (Å²) in [5.74, 6) is 0.546. The molecule has 1 aliphatic heterocycles. The number of carbonyl (C=O) groups excluding carboxylic acids is 2. The van der Waals surface area contributed by atoms with Gasteiger partial charge < -0.3 is 14.2 Å². The molecule has 206 valence electrons. The van der Waals surface area contributed by atoms with Gasteiger partial charge in [0.25, 0.3) is 0 Å². The Morgan fingerprint density at radius 1 is 0.825 bits per heavy atom. The van der Waals surface area contributed by atoms with Gasteiger partial charge in [-0.05, 0) is 78.9 Å². The van der Waals surface area contributed by atoms with E-state index < -0.39 is 5.97 Å². The van der Waals surface area contributed by atoms with Crippen LogP contribution in [0.1, 0.15) is 73.7 Å². The van der Waals surface area contributed by atoms with Gasteiger partial charge in [-0.3, -0.25) is 0 Å². The number of nitrogens with zero attached hydrogens (tertiary/aromatic N) is 1. The third-order valence-corrected chi connectivity index (χ3v) is 6.98. The molecule has 0 bridgehead atoms. The number of unbranched alkanes of at least 4 members (excludes halogenated alkanes) is 6. The fraction of sp³-hybridized carbons (Fsp3) is 0.324. The van der Waals surface area contributed by atoms with E-state index in [2.05, 4.69) is 12.6 Å². The predicted octanol–water partition coefficient (Wildman–Crippen LogP) is 7.82. The Balaban J connectivity index is 1.08. The zero-order valence-corrected chi connectivity index (χ0v) is 22.8. The summed E-state index contributed by atoms with van der Waals surface area (Å²) < 4.78 is 16.6. The van der Waals surface area contributed by atoms with E-state index in [1.54, 1.807) is 48.5 Å². The summed E-state index contributed by atoms with van der Waals surface area (Å²) in [5.41, 5.74) is 3.64. The van der Waals surface area contributed by atoms with Crippen LogP contribution in [0.3, 0.4) is 0 Å². The maximum atomic E-state index is 12.6. The first-order chi connectivity index (χ1) is 19.5. The fourth-order valence-electron chi connectivity index (χ4n) is 4.65. The van der Waals surface area contributed by atoms with Gasteiger partial charge in [0.2, 0.25) is 0 Å². The summed E-state index contributed by atoms with van der Waals surface area (Å²) in [6.45, 7) is 4.37. The van der Waals surface area contributed by atoms with Crippen molar-refractivity contribution in [3.8, 4) is 28.7 Å². The number of rotatable bonds is 14. The minimum absolute atomic E-state index is 0.0382. The van der Waals surface area contributed by atoms with E-state index in [4.69, 9.17) is 19.5 Å². The first-order valence-corrected chi connectivity index (χ1v) is 14.0. The molecule has 1 atom stereocenters.